The summed E-state index contributed by atoms with van der Waals surface area (Å²) < 4.78 is 0. The van der Waals surface area contributed by atoms with Crippen molar-refractivity contribution in [3.05, 3.63) is 0 Å². The SMILES string of the molecule is CCCCCCCCCCCCCCCCCC(=O)O.OCC(O)CO.[H-].[H-].[Mg+2]. The van der Waals surface area contributed by atoms with E-state index in [1.165, 1.54) is 83.5 Å². The number of carbonyl (C=O) groups is 1. The average molecular weight is 403 g/mol. The van der Waals surface area contributed by atoms with Gasteiger partial charge in [-0.15, -0.1) is 0 Å². The molecule has 0 aromatic rings. The number of aliphatic hydroxyl groups excluding tert-OH is 3. The molecule has 27 heavy (non-hydrogen) atoms. The van der Waals surface area contributed by atoms with E-state index in [9.17, 15) is 4.79 Å². The Bertz CT molecular complexity index is 284. The van der Waals surface area contributed by atoms with Gasteiger partial charge in [0.15, 0.2) is 0 Å². The van der Waals surface area contributed by atoms with E-state index in [0.29, 0.717) is 6.42 Å². The Balaban J connectivity index is -0.000000186. The molecule has 0 unspecified atom stereocenters. The molecular formula is C21H46MgO5. The summed E-state index contributed by atoms with van der Waals surface area (Å²) in [5, 5.41) is 32.5. The van der Waals surface area contributed by atoms with E-state index in [1.807, 2.05) is 0 Å². The molecular weight excluding hydrogens is 357 g/mol. The van der Waals surface area contributed by atoms with Gasteiger partial charge in [-0.05, 0) is 6.42 Å². The molecule has 0 rings (SSSR count). The first-order valence-corrected chi connectivity index (χ1v) is 10.7. The van der Waals surface area contributed by atoms with Gasteiger partial charge in [-0.25, -0.2) is 0 Å². The molecule has 0 fully saturated rings. The summed E-state index contributed by atoms with van der Waals surface area (Å²) in [5.74, 6) is -0.653. The molecule has 0 amide bonds. The van der Waals surface area contributed by atoms with E-state index in [-0.39, 0.29) is 39.1 Å². The molecule has 0 heterocycles. The molecule has 0 aromatic heterocycles. The van der Waals surface area contributed by atoms with Crippen molar-refractivity contribution in [2.45, 2.75) is 116 Å². The van der Waals surface area contributed by atoms with Gasteiger partial charge in [0.25, 0.3) is 0 Å². The number of aliphatic hydroxyl groups is 3. The van der Waals surface area contributed by atoms with Crippen LogP contribution in [0.2, 0.25) is 0 Å². The molecule has 0 aliphatic rings. The van der Waals surface area contributed by atoms with Crippen LogP contribution in [-0.4, -0.2) is 68.8 Å². The average Bonchev–Trinajstić information content (AvgIpc) is 2.64. The third-order valence-electron chi connectivity index (χ3n) is 4.42. The number of carboxylic acids is 1. The van der Waals surface area contributed by atoms with E-state index in [2.05, 4.69) is 6.92 Å². The maximum absolute atomic E-state index is 10.3. The van der Waals surface area contributed by atoms with Gasteiger partial charge in [0.1, 0.15) is 6.10 Å². The van der Waals surface area contributed by atoms with Crippen LogP contribution in [0.15, 0.2) is 0 Å². The summed E-state index contributed by atoms with van der Waals surface area (Å²) in [7, 11) is 0. The Morgan fingerprint density at radius 2 is 1.00 bits per heavy atom. The first-order valence-electron chi connectivity index (χ1n) is 10.7. The smallest absolute Gasteiger partial charge is 1.00 e. The minimum atomic E-state index is -0.954. The predicted molar refractivity (Wildman–Crippen MR) is 115 cm³/mol. The molecule has 0 aliphatic heterocycles. The van der Waals surface area contributed by atoms with Crippen LogP contribution in [0.25, 0.3) is 0 Å². The van der Waals surface area contributed by atoms with Crippen LogP contribution in [0, 0.1) is 0 Å². The van der Waals surface area contributed by atoms with Crippen molar-refractivity contribution in [2.24, 2.45) is 0 Å². The normalized spacial score (nSPS) is 10.3. The second kappa shape index (κ2) is 28.3. The number of aliphatic carboxylic acids is 1. The van der Waals surface area contributed by atoms with Crippen LogP contribution in [-0.2, 0) is 4.79 Å². The Morgan fingerprint density at radius 1 is 0.704 bits per heavy atom. The second-order valence-electron chi connectivity index (χ2n) is 7.11. The number of carboxylic acid groups (broad SMARTS) is 1. The molecule has 6 heteroatoms. The topological polar surface area (TPSA) is 98.0 Å². The number of unbranched alkanes of at least 4 members (excludes halogenated alkanes) is 14. The molecule has 5 nitrogen and oxygen atoms in total. The summed E-state index contributed by atoms with van der Waals surface area (Å²) in [5.41, 5.74) is 0. The molecule has 0 saturated carbocycles. The summed E-state index contributed by atoms with van der Waals surface area (Å²) in [6.45, 7) is 1.54. The molecule has 0 aliphatic carbocycles. The van der Waals surface area contributed by atoms with Crippen molar-refractivity contribution in [1.29, 1.82) is 0 Å². The molecule has 0 radical (unpaired) electrons. The van der Waals surface area contributed by atoms with Gasteiger partial charge < -0.3 is 23.3 Å². The largest absolute Gasteiger partial charge is 2.00 e. The summed E-state index contributed by atoms with van der Waals surface area (Å²) in [6, 6.07) is 0. The number of hydrogen-bond acceptors (Lipinski definition) is 4. The predicted octanol–water partition coefficient (Wildman–Crippen LogP) is 4.51. The molecule has 0 saturated heterocycles. The number of hydrogen-bond donors (Lipinski definition) is 4. The Labute approximate surface area is 186 Å². The quantitative estimate of drug-likeness (QED) is 0.200. The zero-order valence-corrected chi connectivity index (χ0v) is 19.1. The van der Waals surface area contributed by atoms with Crippen molar-refractivity contribution >= 4 is 29.0 Å². The van der Waals surface area contributed by atoms with Gasteiger partial charge in [0.05, 0.1) is 13.2 Å². The van der Waals surface area contributed by atoms with Crippen LogP contribution in [0.4, 0.5) is 0 Å². The third-order valence-corrected chi connectivity index (χ3v) is 4.42. The standard InChI is InChI=1S/C18H36O2.C3H8O3.Mg.2H/c1-2-3-4-5-6-7-8-9-10-11-12-13-14-15-16-17-18(19)20;4-1-3(6)2-5;;;/h2-17H2,1H3,(H,19,20);3-6H,1-2H2;;;/q;;+2;2*-1. The summed E-state index contributed by atoms with van der Waals surface area (Å²) in [4.78, 5) is 10.3. The first-order chi connectivity index (χ1) is 12.6. The van der Waals surface area contributed by atoms with Crippen molar-refractivity contribution in [2.75, 3.05) is 13.2 Å². The minimum Gasteiger partial charge on any atom is -1.00 e. The van der Waals surface area contributed by atoms with Crippen molar-refractivity contribution < 1.29 is 28.1 Å². The van der Waals surface area contributed by atoms with E-state index in [0.717, 1.165) is 12.8 Å². The fourth-order valence-electron chi connectivity index (χ4n) is 2.71. The summed E-state index contributed by atoms with van der Waals surface area (Å²) in [6.07, 6.45) is 19.2. The van der Waals surface area contributed by atoms with Gasteiger partial charge in [-0.1, -0.05) is 96.8 Å². The molecule has 162 valence electrons. The van der Waals surface area contributed by atoms with E-state index in [4.69, 9.17) is 20.4 Å². The van der Waals surface area contributed by atoms with Crippen LogP contribution in [0.5, 0.6) is 0 Å². The van der Waals surface area contributed by atoms with Gasteiger partial charge in [0.2, 0.25) is 0 Å². The third kappa shape index (κ3) is 34.1. The maximum Gasteiger partial charge on any atom is 2.00 e. The Hall–Kier alpha value is 0.116. The molecule has 4 N–H and O–H groups in total. The van der Waals surface area contributed by atoms with E-state index in [1.54, 1.807) is 0 Å². The van der Waals surface area contributed by atoms with Gasteiger partial charge in [-0.2, -0.15) is 0 Å². The van der Waals surface area contributed by atoms with E-state index < -0.39 is 12.1 Å². The second-order valence-corrected chi connectivity index (χ2v) is 7.11. The van der Waals surface area contributed by atoms with Crippen molar-refractivity contribution in [1.82, 2.24) is 0 Å². The maximum atomic E-state index is 10.3. The van der Waals surface area contributed by atoms with E-state index >= 15 is 0 Å². The number of rotatable bonds is 18. The van der Waals surface area contributed by atoms with Gasteiger partial charge in [0, 0.05) is 6.42 Å². The van der Waals surface area contributed by atoms with Crippen molar-refractivity contribution in [3.63, 3.8) is 0 Å². The molecule has 0 spiro atoms. The first kappa shape index (κ1) is 31.8. The fraction of sp³-hybridized carbons (Fsp3) is 0.952. The Kier molecular flexibility index (Phi) is 33.4. The molecule has 0 bridgehead atoms. The monoisotopic (exact) mass is 402 g/mol. The van der Waals surface area contributed by atoms with Crippen LogP contribution >= 0.6 is 0 Å². The Morgan fingerprint density at radius 3 is 1.22 bits per heavy atom. The summed E-state index contributed by atoms with van der Waals surface area (Å²) >= 11 is 0. The fourth-order valence-corrected chi connectivity index (χ4v) is 2.71. The molecule has 0 atom stereocenters. The minimum absolute atomic E-state index is 0. The zero-order valence-electron chi connectivity index (χ0n) is 19.7. The van der Waals surface area contributed by atoms with Gasteiger partial charge in [-0.3, -0.25) is 4.79 Å². The van der Waals surface area contributed by atoms with Crippen LogP contribution in [0.3, 0.4) is 0 Å². The van der Waals surface area contributed by atoms with Crippen LogP contribution < -0.4 is 0 Å². The molecule has 0 aromatic carbocycles. The van der Waals surface area contributed by atoms with Crippen molar-refractivity contribution in [3.8, 4) is 0 Å². The van der Waals surface area contributed by atoms with Gasteiger partial charge >= 0.3 is 29.0 Å². The van der Waals surface area contributed by atoms with Crippen LogP contribution in [0.1, 0.15) is 113 Å². The zero-order chi connectivity index (χ0) is 19.9.